The van der Waals surface area contributed by atoms with Gasteiger partial charge >= 0.3 is 0 Å². The summed E-state index contributed by atoms with van der Waals surface area (Å²) < 4.78 is 0. The number of nitrogens with zero attached hydrogens (tertiary/aromatic N) is 2. The number of carbonyl (C=O) groups excluding carboxylic acids is 3. The minimum Gasteiger partial charge on any atom is -0.354 e. The Morgan fingerprint density at radius 2 is 2.18 bits per heavy atom. The second kappa shape index (κ2) is 7.08. The van der Waals surface area contributed by atoms with Gasteiger partial charge in [-0.25, -0.2) is 9.98 Å². The van der Waals surface area contributed by atoms with Crippen molar-refractivity contribution in [2.75, 3.05) is 5.32 Å². The quantitative estimate of drug-likeness (QED) is 0.843. The van der Waals surface area contributed by atoms with Gasteiger partial charge in [0.15, 0.2) is 5.13 Å². The second-order valence-electron chi connectivity index (χ2n) is 5.03. The molecular formula is C14H16N4O3S. The zero-order valence-corrected chi connectivity index (χ0v) is 13.0. The van der Waals surface area contributed by atoms with E-state index in [1.54, 1.807) is 5.38 Å². The van der Waals surface area contributed by atoms with E-state index in [1.165, 1.54) is 29.7 Å². The number of aliphatic imine (C=N–C) groups is 1. The number of aromatic nitrogens is 1. The number of rotatable bonds is 5. The van der Waals surface area contributed by atoms with Crippen molar-refractivity contribution in [3.8, 4) is 0 Å². The molecule has 22 heavy (non-hydrogen) atoms. The summed E-state index contributed by atoms with van der Waals surface area (Å²) in [5.41, 5.74) is 0.599. The van der Waals surface area contributed by atoms with Crippen LogP contribution in [0.4, 0.5) is 5.13 Å². The molecule has 2 rings (SSSR count). The maximum Gasteiger partial charge on any atom is 0.269 e. The molecule has 8 heteroatoms. The maximum atomic E-state index is 12.0. The van der Waals surface area contributed by atoms with Crippen molar-refractivity contribution in [2.24, 2.45) is 10.9 Å². The van der Waals surface area contributed by atoms with E-state index in [1.807, 2.05) is 13.8 Å². The molecule has 1 aromatic heterocycles. The van der Waals surface area contributed by atoms with Gasteiger partial charge in [-0.3, -0.25) is 14.4 Å². The molecule has 0 saturated heterocycles. The lowest BCUT2D eigenvalue weighted by molar-refractivity contribution is -0.121. The molecule has 1 aliphatic rings. The zero-order valence-electron chi connectivity index (χ0n) is 12.2. The van der Waals surface area contributed by atoms with E-state index in [9.17, 15) is 14.4 Å². The number of carbonyl (C=O) groups is 3. The third kappa shape index (κ3) is 4.59. The molecule has 0 bridgehead atoms. The summed E-state index contributed by atoms with van der Waals surface area (Å²) in [4.78, 5) is 42.3. The van der Waals surface area contributed by atoms with Crippen LogP contribution in [0.5, 0.6) is 0 Å². The van der Waals surface area contributed by atoms with Gasteiger partial charge in [-0.05, 0) is 13.8 Å². The smallest absolute Gasteiger partial charge is 0.269 e. The van der Waals surface area contributed by atoms with Crippen LogP contribution in [0.2, 0.25) is 0 Å². The average Bonchev–Trinajstić information content (AvgIpc) is 2.85. The van der Waals surface area contributed by atoms with Crippen LogP contribution in [-0.2, 0) is 20.8 Å². The van der Waals surface area contributed by atoms with Crippen molar-refractivity contribution in [3.05, 3.63) is 23.2 Å². The van der Waals surface area contributed by atoms with Crippen molar-refractivity contribution >= 4 is 40.4 Å². The first-order chi connectivity index (χ1) is 10.4. The van der Waals surface area contributed by atoms with Gasteiger partial charge in [0.1, 0.15) is 0 Å². The molecule has 1 aromatic rings. The van der Waals surface area contributed by atoms with E-state index in [2.05, 4.69) is 20.6 Å². The summed E-state index contributed by atoms with van der Waals surface area (Å²) in [7, 11) is 0. The Morgan fingerprint density at radius 1 is 1.41 bits per heavy atom. The number of amides is 3. The lowest BCUT2D eigenvalue weighted by Crippen LogP contribution is -2.31. The van der Waals surface area contributed by atoms with E-state index >= 15 is 0 Å². The van der Waals surface area contributed by atoms with Gasteiger partial charge in [-0.15, -0.1) is 11.3 Å². The fourth-order valence-electron chi connectivity index (χ4n) is 1.76. The highest BCUT2D eigenvalue weighted by Gasteiger charge is 2.18. The summed E-state index contributed by atoms with van der Waals surface area (Å²) in [5.74, 6) is -1.40. The van der Waals surface area contributed by atoms with Crippen LogP contribution in [0.3, 0.4) is 0 Å². The molecule has 1 unspecified atom stereocenters. The normalized spacial score (nSPS) is 16.9. The monoisotopic (exact) mass is 320 g/mol. The first-order valence-corrected chi connectivity index (χ1v) is 7.63. The highest BCUT2D eigenvalue weighted by atomic mass is 32.1. The SMILES string of the molecule is CC(C)NC(=O)Cc1csc(NC(=O)C2C=CC(=O)N=C2)n1. The molecule has 2 N–H and O–H groups in total. The van der Waals surface area contributed by atoms with Crippen molar-refractivity contribution < 1.29 is 14.4 Å². The van der Waals surface area contributed by atoms with Crippen molar-refractivity contribution in [1.82, 2.24) is 10.3 Å². The molecular weight excluding hydrogens is 304 g/mol. The van der Waals surface area contributed by atoms with Crippen LogP contribution in [-0.4, -0.2) is 35.0 Å². The Bertz CT molecular complexity index is 632. The largest absolute Gasteiger partial charge is 0.354 e. The molecule has 1 aliphatic heterocycles. The molecule has 116 valence electrons. The van der Waals surface area contributed by atoms with Crippen molar-refractivity contribution in [3.63, 3.8) is 0 Å². The van der Waals surface area contributed by atoms with Gasteiger partial charge in [0, 0.05) is 23.7 Å². The summed E-state index contributed by atoms with van der Waals surface area (Å²) in [5, 5.41) is 7.56. The topological polar surface area (TPSA) is 101 Å². The number of thiazole rings is 1. The van der Waals surface area contributed by atoms with E-state index in [0.717, 1.165) is 0 Å². The fourth-order valence-corrected chi connectivity index (χ4v) is 2.47. The predicted molar refractivity (Wildman–Crippen MR) is 83.9 cm³/mol. The maximum absolute atomic E-state index is 12.0. The highest BCUT2D eigenvalue weighted by Crippen LogP contribution is 2.17. The molecule has 3 amide bonds. The summed E-state index contributed by atoms with van der Waals surface area (Å²) in [6.45, 7) is 3.77. The van der Waals surface area contributed by atoms with Crippen LogP contribution >= 0.6 is 11.3 Å². The molecule has 0 aliphatic carbocycles. The zero-order chi connectivity index (χ0) is 16.1. The van der Waals surface area contributed by atoms with Gasteiger partial charge in [0.25, 0.3) is 5.91 Å². The molecule has 0 spiro atoms. The van der Waals surface area contributed by atoms with Crippen LogP contribution in [0.25, 0.3) is 0 Å². The van der Waals surface area contributed by atoms with E-state index in [-0.39, 0.29) is 30.2 Å². The molecule has 0 saturated carbocycles. The molecule has 1 atom stereocenters. The number of hydrogen-bond acceptors (Lipinski definition) is 5. The van der Waals surface area contributed by atoms with Crippen LogP contribution in [0, 0.1) is 5.92 Å². The Hall–Kier alpha value is -2.35. The summed E-state index contributed by atoms with van der Waals surface area (Å²) in [6.07, 6.45) is 4.20. The van der Waals surface area contributed by atoms with Crippen LogP contribution in [0.15, 0.2) is 22.5 Å². The Morgan fingerprint density at radius 3 is 2.82 bits per heavy atom. The van der Waals surface area contributed by atoms with Gasteiger partial charge < -0.3 is 10.6 Å². The fraction of sp³-hybridized carbons (Fsp3) is 0.357. The Labute approximate surface area is 131 Å². The molecule has 0 aromatic carbocycles. The molecule has 2 heterocycles. The number of hydrogen-bond donors (Lipinski definition) is 2. The molecule has 7 nitrogen and oxygen atoms in total. The van der Waals surface area contributed by atoms with Crippen LogP contribution in [0.1, 0.15) is 19.5 Å². The van der Waals surface area contributed by atoms with Gasteiger partial charge in [-0.1, -0.05) is 6.08 Å². The first kappa shape index (κ1) is 16.0. The third-order valence-electron chi connectivity index (χ3n) is 2.68. The lowest BCUT2D eigenvalue weighted by atomic mass is 10.1. The second-order valence-corrected chi connectivity index (χ2v) is 5.89. The van der Waals surface area contributed by atoms with E-state index in [0.29, 0.717) is 10.8 Å². The molecule has 0 fully saturated rings. The van der Waals surface area contributed by atoms with Crippen molar-refractivity contribution in [2.45, 2.75) is 26.3 Å². The lowest BCUT2D eigenvalue weighted by Gasteiger charge is -2.08. The number of anilines is 1. The first-order valence-electron chi connectivity index (χ1n) is 6.75. The Kier molecular flexibility index (Phi) is 5.16. The predicted octanol–water partition coefficient (Wildman–Crippen LogP) is 0.932. The van der Waals surface area contributed by atoms with Crippen molar-refractivity contribution in [1.29, 1.82) is 0 Å². The number of nitrogens with one attached hydrogen (secondary N) is 2. The van der Waals surface area contributed by atoms with Crippen LogP contribution < -0.4 is 10.6 Å². The van der Waals surface area contributed by atoms with Gasteiger partial charge in [-0.2, -0.15) is 0 Å². The number of dihydropyridines is 1. The molecule has 0 radical (unpaired) electrons. The van der Waals surface area contributed by atoms with Gasteiger partial charge in [0.2, 0.25) is 11.8 Å². The summed E-state index contributed by atoms with van der Waals surface area (Å²) in [6, 6.07) is 0.0744. The van der Waals surface area contributed by atoms with Gasteiger partial charge in [0.05, 0.1) is 18.0 Å². The highest BCUT2D eigenvalue weighted by molar-refractivity contribution is 7.13. The minimum absolute atomic E-state index is 0.0744. The minimum atomic E-state index is -0.589. The average molecular weight is 320 g/mol. The summed E-state index contributed by atoms with van der Waals surface area (Å²) >= 11 is 1.24. The third-order valence-corrected chi connectivity index (χ3v) is 3.49. The standard InChI is InChI=1S/C14H16N4O3S/c1-8(2)16-12(20)5-10-7-22-14(17-10)18-13(21)9-3-4-11(19)15-6-9/h3-4,6-9H,5H2,1-2H3,(H,16,20)(H,17,18,21). The Balaban J connectivity index is 1.90. The van der Waals surface area contributed by atoms with E-state index < -0.39 is 5.92 Å². The van der Waals surface area contributed by atoms with E-state index in [4.69, 9.17) is 0 Å².